The van der Waals surface area contributed by atoms with E-state index < -0.39 is 0 Å². The van der Waals surface area contributed by atoms with Crippen LogP contribution in [0.4, 0.5) is 5.82 Å². The second kappa shape index (κ2) is 4.97. The Morgan fingerprint density at radius 2 is 1.79 bits per heavy atom. The summed E-state index contributed by atoms with van der Waals surface area (Å²) in [7, 11) is 0. The minimum Gasteiger partial charge on any atom is -0.364 e. The molecule has 0 atom stereocenters. The van der Waals surface area contributed by atoms with E-state index >= 15 is 0 Å². The summed E-state index contributed by atoms with van der Waals surface area (Å²) in [5, 5.41) is 7.72. The molecule has 0 aliphatic carbocycles. The van der Waals surface area contributed by atoms with Gasteiger partial charge in [-0.3, -0.25) is 0 Å². The molecule has 0 unspecified atom stereocenters. The zero-order valence-corrected chi connectivity index (χ0v) is 11.8. The number of anilines is 1. The molecule has 4 heteroatoms. The maximum absolute atomic E-state index is 4.63. The van der Waals surface area contributed by atoms with Crippen LogP contribution >= 0.6 is 11.3 Å². The summed E-state index contributed by atoms with van der Waals surface area (Å²) in [6, 6.07) is 7.95. The Morgan fingerprint density at radius 3 is 2.47 bits per heavy atom. The Kier molecular flexibility index (Phi) is 3.17. The summed E-state index contributed by atoms with van der Waals surface area (Å²) >= 11 is 1.73. The molecular formula is C15H15N3S. The fourth-order valence-electron chi connectivity index (χ4n) is 2.00. The number of hydrogen-bond donors (Lipinski definition) is 1. The van der Waals surface area contributed by atoms with Gasteiger partial charge < -0.3 is 5.32 Å². The quantitative estimate of drug-likeness (QED) is 0.783. The van der Waals surface area contributed by atoms with Crippen LogP contribution in [0.5, 0.6) is 0 Å². The number of rotatable bonds is 3. The third-order valence-electron chi connectivity index (χ3n) is 3.15. The van der Waals surface area contributed by atoms with Crippen molar-refractivity contribution in [1.29, 1.82) is 0 Å². The lowest BCUT2D eigenvalue weighted by Crippen LogP contribution is -2.05. The zero-order chi connectivity index (χ0) is 13.2. The highest BCUT2D eigenvalue weighted by molar-refractivity contribution is 7.08. The monoisotopic (exact) mass is 269 g/mol. The van der Waals surface area contributed by atoms with Gasteiger partial charge in [-0.1, -0.05) is 12.1 Å². The first-order chi connectivity index (χ1) is 9.24. The van der Waals surface area contributed by atoms with Gasteiger partial charge in [0.05, 0.1) is 16.7 Å². The van der Waals surface area contributed by atoms with Gasteiger partial charge in [-0.15, -0.1) is 0 Å². The lowest BCUT2D eigenvalue weighted by Gasteiger charge is -2.09. The van der Waals surface area contributed by atoms with Crippen LogP contribution in [0.15, 0.2) is 35.0 Å². The van der Waals surface area contributed by atoms with Crippen LogP contribution in [-0.4, -0.2) is 9.97 Å². The minimum atomic E-state index is 0.795. The number of fused-ring (bicyclic) bond motifs is 1. The molecule has 0 bridgehead atoms. The van der Waals surface area contributed by atoms with Gasteiger partial charge >= 0.3 is 0 Å². The number of benzene rings is 1. The molecule has 1 N–H and O–H groups in total. The number of aryl methyl sites for hydroxylation is 2. The normalized spacial score (nSPS) is 10.8. The zero-order valence-electron chi connectivity index (χ0n) is 11.0. The second-order valence-electron chi connectivity index (χ2n) is 4.58. The maximum atomic E-state index is 4.63. The van der Waals surface area contributed by atoms with Crippen molar-refractivity contribution >= 4 is 28.2 Å². The van der Waals surface area contributed by atoms with Gasteiger partial charge in [-0.2, -0.15) is 11.3 Å². The number of nitrogens with one attached hydrogen (secondary N) is 1. The van der Waals surface area contributed by atoms with Gasteiger partial charge in [0.15, 0.2) is 0 Å². The van der Waals surface area contributed by atoms with Crippen molar-refractivity contribution in [3.05, 3.63) is 51.8 Å². The van der Waals surface area contributed by atoms with E-state index in [0.717, 1.165) is 29.1 Å². The lowest BCUT2D eigenvalue weighted by molar-refractivity contribution is 1.07. The summed E-state index contributed by atoms with van der Waals surface area (Å²) < 4.78 is 0. The molecule has 3 rings (SSSR count). The highest BCUT2D eigenvalue weighted by atomic mass is 32.1. The van der Waals surface area contributed by atoms with E-state index in [1.54, 1.807) is 11.3 Å². The number of nitrogens with zero attached hydrogens (tertiary/aromatic N) is 2. The molecule has 96 valence electrons. The van der Waals surface area contributed by atoms with Gasteiger partial charge in [-0.25, -0.2) is 9.97 Å². The smallest absolute Gasteiger partial charge is 0.148 e. The van der Waals surface area contributed by atoms with Gasteiger partial charge in [-0.05, 0) is 47.9 Å². The molecular weight excluding hydrogens is 254 g/mol. The average molecular weight is 269 g/mol. The second-order valence-corrected chi connectivity index (χ2v) is 5.32. The molecule has 0 amide bonds. The number of thiophene rings is 1. The van der Waals surface area contributed by atoms with E-state index in [2.05, 4.69) is 33.0 Å². The van der Waals surface area contributed by atoms with Crippen molar-refractivity contribution in [3.8, 4) is 0 Å². The van der Waals surface area contributed by atoms with Gasteiger partial charge in [0.25, 0.3) is 0 Å². The summed E-state index contributed by atoms with van der Waals surface area (Å²) in [4.78, 5) is 9.21. The molecule has 2 heterocycles. The molecule has 2 aromatic heterocycles. The third kappa shape index (κ3) is 2.44. The third-order valence-corrected chi connectivity index (χ3v) is 4.06. The highest BCUT2D eigenvalue weighted by Gasteiger charge is 2.05. The molecule has 3 aromatic rings. The van der Waals surface area contributed by atoms with Crippen molar-refractivity contribution in [1.82, 2.24) is 9.97 Å². The Hall–Kier alpha value is -1.94. The number of para-hydroxylation sites is 2. The van der Waals surface area contributed by atoms with Crippen LogP contribution < -0.4 is 5.32 Å². The van der Waals surface area contributed by atoms with Crippen LogP contribution in [-0.2, 0) is 6.54 Å². The number of hydrogen-bond acceptors (Lipinski definition) is 4. The summed E-state index contributed by atoms with van der Waals surface area (Å²) in [5.41, 5.74) is 5.45. The van der Waals surface area contributed by atoms with E-state index in [1.165, 1.54) is 11.1 Å². The lowest BCUT2D eigenvalue weighted by atomic mass is 10.2. The van der Waals surface area contributed by atoms with E-state index in [0.29, 0.717) is 0 Å². The number of aromatic nitrogens is 2. The van der Waals surface area contributed by atoms with Crippen LogP contribution in [0.1, 0.15) is 16.8 Å². The molecule has 0 aliphatic rings. The fraction of sp³-hybridized carbons (Fsp3) is 0.200. The molecule has 0 spiro atoms. The van der Waals surface area contributed by atoms with Crippen molar-refractivity contribution in [2.75, 3.05) is 5.32 Å². The van der Waals surface area contributed by atoms with Crippen molar-refractivity contribution in [2.45, 2.75) is 20.4 Å². The molecule has 19 heavy (non-hydrogen) atoms. The molecule has 0 saturated heterocycles. The van der Waals surface area contributed by atoms with Gasteiger partial charge in [0.1, 0.15) is 5.82 Å². The first kappa shape index (κ1) is 12.1. The van der Waals surface area contributed by atoms with Crippen LogP contribution in [0.3, 0.4) is 0 Å². The molecule has 1 aromatic carbocycles. The van der Waals surface area contributed by atoms with E-state index in [-0.39, 0.29) is 0 Å². The molecule has 0 fully saturated rings. The summed E-state index contributed by atoms with van der Waals surface area (Å²) in [6.07, 6.45) is 0. The average Bonchev–Trinajstić information content (AvgIpc) is 2.82. The predicted octanol–water partition coefficient (Wildman–Crippen LogP) is 3.92. The van der Waals surface area contributed by atoms with Gasteiger partial charge in [0, 0.05) is 6.54 Å². The first-order valence-corrected chi connectivity index (χ1v) is 7.17. The standard InChI is InChI=1S/C15H15N3S/c1-10-8-19-9-12(10)7-16-15-11(2)17-13-5-3-4-6-14(13)18-15/h3-6,8-9H,7H2,1-2H3,(H,16,18). The summed E-state index contributed by atoms with van der Waals surface area (Å²) in [5.74, 6) is 0.865. The largest absolute Gasteiger partial charge is 0.364 e. The minimum absolute atomic E-state index is 0.795. The van der Waals surface area contributed by atoms with Crippen LogP contribution in [0.25, 0.3) is 11.0 Å². The molecule has 3 nitrogen and oxygen atoms in total. The molecule has 0 saturated carbocycles. The van der Waals surface area contributed by atoms with E-state index in [9.17, 15) is 0 Å². The van der Waals surface area contributed by atoms with Crippen molar-refractivity contribution < 1.29 is 0 Å². The maximum Gasteiger partial charge on any atom is 0.148 e. The Bertz CT molecular complexity index is 718. The highest BCUT2D eigenvalue weighted by Crippen LogP contribution is 2.19. The fourth-order valence-corrected chi connectivity index (χ4v) is 2.86. The first-order valence-electron chi connectivity index (χ1n) is 6.23. The predicted molar refractivity (Wildman–Crippen MR) is 80.7 cm³/mol. The van der Waals surface area contributed by atoms with Crippen molar-refractivity contribution in [2.24, 2.45) is 0 Å². The van der Waals surface area contributed by atoms with Crippen molar-refractivity contribution in [3.63, 3.8) is 0 Å². The Balaban J connectivity index is 1.88. The van der Waals surface area contributed by atoms with Gasteiger partial charge in [0.2, 0.25) is 0 Å². The topological polar surface area (TPSA) is 37.8 Å². The molecule has 0 radical (unpaired) electrons. The van der Waals surface area contributed by atoms with Crippen LogP contribution in [0, 0.1) is 13.8 Å². The Morgan fingerprint density at radius 1 is 1.05 bits per heavy atom. The van der Waals surface area contributed by atoms with E-state index in [4.69, 9.17) is 0 Å². The van der Waals surface area contributed by atoms with Crippen LogP contribution in [0.2, 0.25) is 0 Å². The molecule has 0 aliphatic heterocycles. The SMILES string of the molecule is Cc1cscc1CNc1nc2ccccc2nc1C. The Labute approximate surface area is 116 Å². The summed E-state index contributed by atoms with van der Waals surface area (Å²) in [6.45, 7) is 4.91. The van der Waals surface area contributed by atoms with E-state index in [1.807, 2.05) is 31.2 Å².